The van der Waals surface area contributed by atoms with Crippen molar-refractivity contribution in [3.8, 4) is 5.75 Å². The molecule has 0 spiro atoms. The van der Waals surface area contributed by atoms with E-state index in [0.717, 1.165) is 5.56 Å². The number of amides is 1. The van der Waals surface area contributed by atoms with Crippen LogP contribution in [0.1, 0.15) is 5.56 Å². The lowest BCUT2D eigenvalue weighted by Gasteiger charge is -2.18. The Morgan fingerprint density at radius 2 is 1.78 bits per heavy atom. The summed E-state index contributed by atoms with van der Waals surface area (Å²) >= 11 is 13.4. The molecule has 3 aromatic rings. The summed E-state index contributed by atoms with van der Waals surface area (Å²) in [7, 11) is 0. The molecule has 0 fully saturated rings. The normalized spacial score (nSPS) is 14.7. The van der Waals surface area contributed by atoms with Crippen LogP contribution in [0.15, 0.2) is 83.5 Å². The van der Waals surface area contributed by atoms with Crippen molar-refractivity contribution in [2.45, 2.75) is 0 Å². The van der Waals surface area contributed by atoms with E-state index in [2.05, 4.69) is 4.99 Å². The number of hydrogen-bond donors (Lipinski definition) is 0. The van der Waals surface area contributed by atoms with E-state index in [9.17, 15) is 9.18 Å². The molecule has 1 aliphatic rings. The highest BCUT2D eigenvalue weighted by Gasteiger charge is 2.32. The van der Waals surface area contributed by atoms with Gasteiger partial charge in [-0.25, -0.2) is 9.38 Å². The fourth-order valence-electron chi connectivity index (χ4n) is 2.99. The first kappa shape index (κ1) is 22.4. The standard InChI is InChI=1S/C24H17Cl2FN2O2S/c25-17-6-11-22(20(26)15-17)31-12-13-32-24-28-21(14-16-4-2-1-3-5-16)23(30)29(24)19-9-7-18(27)8-10-19/h1-11,14-15H,12-13H2. The third-order valence-electron chi connectivity index (χ3n) is 4.48. The van der Waals surface area contributed by atoms with Gasteiger partial charge in [0.05, 0.1) is 17.3 Å². The molecule has 1 amide bonds. The average molecular weight is 487 g/mol. The minimum atomic E-state index is -0.375. The molecule has 3 aromatic carbocycles. The molecule has 0 saturated carbocycles. The fourth-order valence-corrected chi connectivity index (χ4v) is 4.29. The molecule has 0 bridgehead atoms. The van der Waals surface area contributed by atoms with Gasteiger partial charge >= 0.3 is 0 Å². The maximum Gasteiger partial charge on any atom is 0.283 e. The fraction of sp³-hybridized carbons (Fsp3) is 0.0833. The van der Waals surface area contributed by atoms with E-state index >= 15 is 0 Å². The van der Waals surface area contributed by atoms with Crippen molar-refractivity contribution in [3.63, 3.8) is 0 Å². The Kier molecular flexibility index (Phi) is 7.15. The van der Waals surface area contributed by atoms with Gasteiger partial charge in [-0.3, -0.25) is 9.69 Å². The summed E-state index contributed by atoms with van der Waals surface area (Å²) in [4.78, 5) is 19.1. The molecule has 0 aliphatic carbocycles. The molecule has 4 nitrogen and oxygen atoms in total. The van der Waals surface area contributed by atoms with Gasteiger partial charge in [0, 0.05) is 10.8 Å². The van der Waals surface area contributed by atoms with Gasteiger partial charge in [-0.2, -0.15) is 0 Å². The Morgan fingerprint density at radius 3 is 2.50 bits per heavy atom. The highest BCUT2D eigenvalue weighted by Crippen LogP contribution is 2.31. The Morgan fingerprint density at radius 1 is 1.03 bits per heavy atom. The van der Waals surface area contributed by atoms with E-state index in [4.69, 9.17) is 27.9 Å². The SMILES string of the molecule is O=C1C(=Cc2ccccc2)N=C(SCCOc2ccc(Cl)cc2Cl)N1c1ccc(F)cc1. The van der Waals surface area contributed by atoms with Crippen molar-refractivity contribution in [1.29, 1.82) is 0 Å². The van der Waals surface area contributed by atoms with Crippen LogP contribution in [0.3, 0.4) is 0 Å². The minimum absolute atomic E-state index is 0.273. The van der Waals surface area contributed by atoms with Crippen molar-refractivity contribution in [2.75, 3.05) is 17.3 Å². The summed E-state index contributed by atoms with van der Waals surface area (Å²) in [6.07, 6.45) is 1.73. The van der Waals surface area contributed by atoms with Crippen molar-refractivity contribution >= 4 is 57.8 Å². The number of thioether (sulfide) groups is 1. The summed E-state index contributed by atoms with van der Waals surface area (Å²) in [5.74, 6) is 0.395. The van der Waals surface area contributed by atoms with Crippen molar-refractivity contribution in [3.05, 3.63) is 99.9 Å². The van der Waals surface area contributed by atoms with Crippen LogP contribution in [0, 0.1) is 5.82 Å². The zero-order chi connectivity index (χ0) is 22.5. The minimum Gasteiger partial charge on any atom is -0.491 e. The van der Waals surface area contributed by atoms with Gasteiger partial charge in [-0.1, -0.05) is 65.3 Å². The topological polar surface area (TPSA) is 41.9 Å². The maximum absolute atomic E-state index is 13.4. The molecule has 0 saturated heterocycles. The van der Waals surface area contributed by atoms with E-state index < -0.39 is 0 Å². The average Bonchev–Trinajstić information content (AvgIpc) is 3.09. The third-order valence-corrected chi connectivity index (χ3v) is 5.92. The molecule has 8 heteroatoms. The predicted molar refractivity (Wildman–Crippen MR) is 130 cm³/mol. The zero-order valence-electron chi connectivity index (χ0n) is 16.7. The highest BCUT2D eigenvalue weighted by molar-refractivity contribution is 8.14. The van der Waals surface area contributed by atoms with E-state index in [0.29, 0.717) is 44.7 Å². The first-order valence-corrected chi connectivity index (χ1v) is 11.4. The van der Waals surface area contributed by atoms with Crippen LogP contribution < -0.4 is 9.64 Å². The highest BCUT2D eigenvalue weighted by atomic mass is 35.5. The molecule has 0 N–H and O–H groups in total. The van der Waals surface area contributed by atoms with E-state index in [1.54, 1.807) is 36.4 Å². The number of ether oxygens (including phenoxy) is 1. The van der Waals surface area contributed by atoms with Crippen LogP contribution in [0.5, 0.6) is 5.75 Å². The van der Waals surface area contributed by atoms with Crippen molar-refractivity contribution in [1.82, 2.24) is 0 Å². The molecule has 1 heterocycles. The Bertz CT molecular complexity index is 1180. The lowest BCUT2D eigenvalue weighted by Crippen LogP contribution is -2.30. The van der Waals surface area contributed by atoms with Gasteiger partial charge in [0.2, 0.25) is 0 Å². The first-order valence-electron chi connectivity index (χ1n) is 9.67. The van der Waals surface area contributed by atoms with Gasteiger partial charge in [-0.15, -0.1) is 0 Å². The number of hydrogen-bond acceptors (Lipinski definition) is 4. The van der Waals surface area contributed by atoms with E-state index in [-0.39, 0.29) is 11.7 Å². The zero-order valence-corrected chi connectivity index (χ0v) is 19.0. The number of benzene rings is 3. The Hall–Kier alpha value is -2.80. The summed E-state index contributed by atoms with van der Waals surface area (Å²) in [6.45, 7) is 0.341. The number of anilines is 1. The molecule has 0 radical (unpaired) electrons. The first-order chi connectivity index (χ1) is 15.5. The molecular weight excluding hydrogens is 470 g/mol. The van der Waals surface area contributed by atoms with Crippen LogP contribution in [0.2, 0.25) is 10.0 Å². The number of halogens is 3. The van der Waals surface area contributed by atoms with E-state index in [1.807, 2.05) is 30.3 Å². The van der Waals surface area contributed by atoms with Crippen LogP contribution in [-0.4, -0.2) is 23.4 Å². The number of aliphatic imine (C=N–C) groups is 1. The summed E-state index contributed by atoms with van der Waals surface area (Å²) in [6, 6.07) is 20.2. The number of carbonyl (C=O) groups is 1. The van der Waals surface area contributed by atoms with Gasteiger partial charge in [-0.05, 0) is 54.1 Å². The van der Waals surface area contributed by atoms with Gasteiger partial charge in [0.25, 0.3) is 5.91 Å². The molecular formula is C24H17Cl2FN2O2S. The van der Waals surface area contributed by atoms with Crippen LogP contribution in [0.4, 0.5) is 10.1 Å². The van der Waals surface area contributed by atoms with Gasteiger partial charge in [0.1, 0.15) is 17.3 Å². The second kappa shape index (κ2) is 10.2. The summed E-state index contributed by atoms with van der Waals surface area (Å²) < 4.78 is 19.1. The summed E-state index contributed by atoms with van der Waals surface area (Å²) in [5.41, 5.74) is 1.72. The lowest BCUT2D eigenvalue weighted by atomic mass is 10.2. The molecule has 0 aromatic heterocycles. The molecule has 32 heavy (non-hydrogen) atoms. The largest absolute Gasteiger partial charge is 0.491 e. The Labute approximate surface area is 199 Å². The van der Waals surface area contributed by atoms with Gasteiger partial charge < -0.3 is 4.74 Å². The van der Waals surface area contributed by atoms with Crippen molar-refractivity contribution in [2.24, 2.45) is 4.99 Å². The molecule has 0 unspecified atom stereocenters. The van der Waals surface area contributed by atoms with Crippen LogP contribution >= 0.6 is 35.0 Å². The molecule has 4 rings (SSSR count). The number of rotatable bonds is 6. The van der Waals surface area contributed by atoms with Crippen molar-refractivity contribution < 1.29 is 13.9 Å². The van der Waals surface area contributed by atoms with E-state index in [1.165, 1.54) is 28.8 Å². The molecule has 162 valence electrons. The maximum atomic E-state index is 13.4. The van der Waals surface area contributed by atoms with Gasteiger partial charge in [0.15, 0.2) is 5.17 Å². The monoisotopic (exact) mass is 486 g/mol. The predicted octanol–water partition coefficient (Wildman–Crippen LogP) is 6.69. The molecule has 0 atom stereocenters. The smallest absolute Gasteiger partial charge is 0.283 e. The third kappa shape index (κ3) is 5.33. The second-order valence-electron chi connectivity index (χ2n) is 6.72. The number of nitrogens with zero attached hydrogens (tertiary/aromatic N) is 2. The van der Waals surface area contributed by atoms with Crippen LogP contribution in [0.25, 0.3) is 6.08 Å². The second-order valence-corrected chi connectivity index (χ2v) is 8.63. The lowest BCUT2D eigenvalue weighted by molar-refractivity contribution is -0.113. The summed E-state index contributed by atoms with van der Waals surface area (Å²) in [5, 5.41) is 1.45. The quantitative estimate of drug-likeness (QED) is 0.288. The number of amidine groups is 1. The number of carbonyl (C=O) groups excluding carboxylic acids is 1. The van der Waals surface area contributed by atoms with Crippen LogP contribution in [-0.2, 0) is 4.79 Å². The Balaban J connectivity index is 1.51. The molecule has 1 aliphatic heterocycles.